The van der Waals surface area contributed by atoms with Gasteiger partial charge in [0.2, 0.25) is 5.91 Å². The van der Waals surface area contributed by atoms with E-state index in [1.165, 1.54) is 18.0 Å². The third-order valence-electron chi connectivity index (χ3n) is 2.77. The first-order chi connectivity index (χ1) is 10.2. The molecule has 2 rings (SSSR count). The molecule has 21 heavy (non-hydrogen) atoms. The van der Waals surface area contributed by atoms with Gasteiger partial charge in [-0.05, 0) is 23.8 Å². The largest absolute Gasteiger partial charge is 0.392 e. The second kappa shape index (κ2) is 8.02. The first-order valence-corrected chi connectivity index (χ1v) is 7.88. The van der Waals surface area contributed by atoms with Crippen molar-refractivity contribution in [2.45, 2.75) is 12.4 Å². The Hall–Kier alpha value is -1.56. The van der Waals surface area contributed by atoms with Crippen LogP contribution < -0.4 is 5.32 Å². The molecule has 110 valence electrons. The first kappa shape index (κ1) is 15.8. The summed E-state index contributed by atoms with van der Waals surface area (Å²) >= 11 is 7.33. The molecule has 0 aliphatic carbocycles. The second-order valence-electron chi connectivity index (χ2n) is 4.36. The number of nitrogens with one attached hydrogen (secondary N) is 1. The van der Waals surface area contributed by atoms with E-state index in [0.717, 1.165) is 11.3 Å². The lowest BCUT2D eigenvalue weighted by molar-refractivity contribution is -0.113. The zero-order chi connectivity index (χ0) is 15.1. The fourth-order valence-corrected chi connectivity index (χ4v) is 2.62. The Bertz CT molecular complexity index is 605. The predicted molar refractivity (Wildman–Crippen MR) is 86.4 cm³/mol. The molecule has 4 nitrogen and oxygen atoms in total. The lowest BCUT2D eigenvalue weighted by Gasteiger charge is -2.08. The van der Waals surface area contributed by atoms with Crippen molar-refractivity contribution in [3.05, 3.63) is 58.9 Å². The van der Waals surface area contributed by atoms with E-state index >= 15 is 0 Å². The number of anilines is 1. The molecular formula is C15H15ClN2O2S. The molecule has 0 atom stereocenters. The van der Waals surface area contributed by atoms with E-state index in [1.54, 1.807) is 12.3 Å². The average Bonchev–Trinajstić information content (AvgIpc) is 2.50. The van der Waals surface area contributed by atoms with Crippen molar-refractivity contribution >= 4 is 35.0 Å². The van der Waals surface area contributed by atoms with Gasteiger partial charge in [0, 0.05) is 22.5 Å². The van der Waals surface area contributed by atoms with Crippen molar-refractivity contribution < 1.29 is 9.90 Å². The van der Waals surface area contributed by atoms with Crippen LogP contribution in [-0.2, 0) is 17.2 Å². The van der Waals surface area contributed by atoms with Crippen molar-refractivity contribution in [3.63, 3.8) is 0 Å². The molecule has 0 aliphatic rings. The number of hydrogen-bond donors (Lipinski definition) is 2. The molecule has 1 heterocycles. The number of halogens is 1. The first-order valence-electron chi connectivity index (χ1n) is 6.35. The van der Waals surface area contributed by atoms with Crippen LogP contribution in [0.3, 0.4) is 0 Å². The molecule has 0 saturated carbocycles. The normalized spacial score (nSPS) is 10.4. The van der Waals surface area contributed by atoms with Crippen LogP contribution in [0.1, 0.15) is 11.1 Å². The number of aliphatic hydroxyl groups is 1. The summed E-state index contributed by atoms with van der Waals surface area (Å²) in [5.74, 6) is 0.962. The Labute approximate surface area is 132 Å². The van der Waals surface area contributed by atoms with Crippen LogP contribution >= 0.6 is 23.4 Å². The summed E-state index contributed by atoms with van der Waals surface area (Å²) < 4.78 is 0. The fraction of sp³-hybridized carbons (Fsp3) is 0.200. The summed E-state index contributed by atoms with van der Waals surface area (Å²) in [5.41, 5.74) is 2.33. The van der Waals surface area contributed by atoms with E-state index in [-0.39, 0.29) is 12.5 Å². The van der Waals surface area contributed by atoms with Crippen LogP contribution in [0.25, 0.3) is 0 Å². The zero-order valence-corrected chi connectivity index (χ0v) is 12.8. The maximum atomic E-state index is 11.9. The number of hydrogen-bond acceptors (Lipinski definition) is 4. The smallest absolute Gasteiger partial charge is 0.234 e. The van der Waals surface area contributed by atoms with E-state index in [4.69, 9.17) is 11.6 Å². The highest BCUT2D eigenvalue weighted by Gasteiger charge is 2.06. The van der Waals surface area contributed by atoms with E-state index in [0.29, 0.717) is 22.0 Å². The summed E-state index contributed by atoms with van der Waals surface area (Å²) in [7, 11) is 0. The van der Waals surface area contributed by atoms with Gasteiger partial charge in [-0.15, -0.1) is 11.8 Å². The SMILES string of the molecule is O=C(CSCc1ccc(Cl)cc1)Nc1cnccc1CO. The summed E-state index contributed by atoms with van der Waals surface area (Å²) in [6.45, 7) is -0.129. The molecular weight excluding hydrogens is 308 g/mol. The van der Waals surface area contributed by atoms with Crippen molar-refractivity contribution in [2.24, 2.45) is 0 Å². The number of thioether (sulfide) groups is 1. The van der Waals surface area contributed by atoms with Gasteiger partial charge in [-0.25, -0.2) is 0 Å². The Balaban J connectivity index is 1.81. The zero-order valence-electron chi connectivity index (χ0n) is 11.3. The van der Waals surface area contributed by atoms with Gasteiger partial charge in [0.15, 0.2) is 0 Å². The number of benzene rings is 1. The minimum Gasteiger partial charge on any atom is -0.392 e. The molecule has 6 heteroatoms. The van der Waals surface area contributed by atoms with Crippen molar-refractivity contribution in [3.8, 4) is 0 Å². The van der Waals surface area contributed by atoms with Gasteiger partial charge < -0.3 is 10.4 Å². The highest BCUT2D eigenvalue weighted by Crippen LogP contribution is 2.17. The molecule has 0 saturated heterocycles. The Morgan fingerprint density at radius 2 is 2.05 bits per heavy atom. The van der Waals surface area contributed by atoms with Crippen LogP contribution in [0.4, 0.5) is 5.69 Å². The minimum absolute atomic E-state index is 0.114. The van der Waals surface area contributed by atoms with Crippen molar-refractivity contribution in [1.82, 2.24) is 4.98 Å². The summed E-state index contributed by atoms with van der Waals surface area (Å²) in [6, 6.07) is 9.23. The molecule has 0 aliphatic heterocycles. The van der Waals surface area contributed by atoms with Gasteiger partial charge in [-0.3, -0.25) is 9.78 Å². The van der Waals surface area contributed by atoms with Crippen LogP contribution in [0.2, 0.25) is 5.02 Å². The number of pyridine rings is 1. The van der Waals surface area contributed by atoms with Crippen LogP contribution in [0, 0.1) is 0 Å². The number of aliphatic hydroxyl groups excluding tert-OH is 1. The molecule has 0 spiro atoms. The Morgan fingerprint density at radius 1 is 1.29 bits per heavy atom. The van der Waals surface area contributed by atoms with Gasteiger partial charge in [-0.1, -0.05) is 23.7 Å². The molecule has 0 fully saturated rings. The number of rotatable bonds is 6. The quantitative estimate of drug-likeness (QED) is 0.858. The summed E-state index contributed by atoms with van der Waals surface area (Å²) in [6.07, 6.45) is 3.11. The molecule has 0 radical (unpaired) electrons. The molecule has 0 bridgehead atoms. The summed E-state index contributed by atoms with van der Waals surface area (Å²) in [4.78, 5) is 15.8. The number of amides is 1. The number of aromatic nitrogens is 1. The second-order valence-corrected chi connectivity index (χ2v) is 5.78. The maximum Gasteiger partial charge on any atom is 0.234 e. The van der Waals surface area contributed by atoms with E-state index in [1.807, 2.05) is 24.3 Å². The fourth-order valence-electron chi connectivity index (χ4n) is 1.70. The predicted octanol–water partition coefficient (Wildman–Crippen LogP) is 3.10. The van der Waals surface area contributed by atoms with E-state index < -0.39 is 0 Å². The molecule has 1 amide bonds. The van der Waals surface area contributed by atoms with Crippen LogP contribution in [-0.4, -0.2) is 21.8 Å². The minimum atomic E-state index is -0.129. The lowest BCUT2D eigenvalue weighted by Crippen LogP contribution is -2.15. The monoisotopic (exact) mass is 322 g/mol. The Kier molecular flexibility index (Phi) is 6.04. The standard InChI is InChI=1S/C15H15ClN2O2S/c16-13-3-1-11(2-4-13)9-21-10-15(20)18-14-7-17-6-5-12(14)8-19/h1-7,19H,8-10H2,(H,18,20). The number of nitrogens with zero attached hydrogens (tertiary/aromatic N) is 1. The molecule has 1 aromatic carbocycles. The highest BCUT2D eigenvalue weighted by atomic mass is 35.5. The number of carbonyl (C=O) groups is 1. The maximum absolute atomic E-state index is 11.9. The third kappa shape index (κ3) is 5.04. The van der Waals surface area contributed by atoms with Crippen molar-refractivity contribution in [1.29, 1.82) is 0 Å². The molecule has 0 unspecified atom stereocenters. The van der Waals surface area contributed by atoms with Crippen LogP contribution in [0.5, 0.6) is 0 Å². The van der Waals surface area contributed by atoms with E-state index in [2.05, 4.69) is 10.3 Å². The van der Waals surface area contributed by atoms with Gasteiger partial charge in [0.05, 0.1) is 24.2 Å². The van der Waals surface area contributed by atoms with Gasteiger partial charge in [0.25, 0.3) is 0 Å². The molecule has 2 N–H and O–H groups in total. The van der Waals surface area contributed by atoms with Gasteiger partial charge >= 0.3 is 0 Å². The van der Waals surface area contributed by atoms with Crippen LogP contribution in [0.15, 0.2) is 42.7 Å². The van der Waals surface area contributed by atoms with Gasteiger partial charge in [-0.2, -0.15) is 0 Å². The molecule has 2 aromatic rings. The lowest BCUT2D eigenvalue weighted by atomic mass is 10.2. The topological polar surface area (TPSA) is 62.2 Å². The number of carbonyl (C=O) groups excluding carboxylic acids is 1. The third-order valence-corrected chi connectivity index (χ3v) is 4.03. The van der Waals surface area contributed by atoms with Gasteiger partial charge in [0.1, 0.15) is 0 Å². The summed E-state index contributed by atoms with van der Waals surface area (Å²) in [5, 5.41) is 12.6. The Morgan fingerprint density at radius 3 is 2.76 bits per heavy atom. The van der Waals surface area contributed by atoms with E-state index in [9.17, 15) is 9.90 Å². The average molecular weight is 323 g/mol. The highest BCUT2D eigenvalue weighted by molar-refractivity contribution is 7.99. The molecule has 1 aromatic heterocycles. The van der Waals surface area contributed by atoms with Crippen molar-refractivity contribution in [2.75, 3.05) is 11.1 Å².